The van der Waals surface area contributed by atoms with Crippen LogP contribution in [0.5, 0.6) is 11.5 Å². The van der Waals surface area contributed by atoms with Gasteiger partial charge in [0, 0.05) is 30.7 Å². The van der Waals surface area contributed by atoms with Crippen LogP contribution in [-0.4, -0.2) is 70.8 Å². The van der Waals surface area contributed by atoms with E-state index in [0.29, 0.717) is 34.4 Å². The Morgan fingerprint density at radius 3 is 2.31 bits per heavy atom. The molecule has 1 spiro atoms. The first-order valence-electron chi connectivity index (χ1n) is 14.2. The first kappa shape index (κ1) is 25.8. The van der Waals surface area contributed by atoms with Gasteiger partial charge in [-0.25, -0.2) is 9.97 Å². The van der Waals surface area contributed by atoms with E-state index in [1.54, 1.807) is 0 Å². The Morgan fingerprint density at radius 1 is 0.949 bits per heavy atom. The normalized spacial score (nSPS) is 20.4. The van der Waals surface area contributed by atoms with E-state index < -0.39 is 0 Å². The molecule has 1 saturated carbocycles. The number of nitrogens with zero attached hydrogens (tertiary/aromatic N) is 4. The molecule has 8 nitrogen and oxygen atoms in total. The first-order valence-corrected chi connectivity index (χ1v) is 14.2. The number of aromatic nitrogens is 2. The number of piperidine rings is 1. The van der Waals surface area contributed by atoms with Gasteiger partial charge in [-0.3, -0.25) is 10.3 Å². The lowest BCUT2D eigenvalue weighted by atomic mass is 9.66. The third-order valence-electron chi connectivity index (χ3n) is 8.92. The topological polar surface area (TPSA) is 103 Å². The third kappa shape index (κ3) is 5.63. The molecule has 3 fully saturated rings. The summed E-state index contributed by atoms with van der Waals surface area (Å²) >= 11 is 0. The molecule has 1 aromatic heterocycles. The number of hydrogen-bond donors (Lipinski definition) is 3. The fourth-order valence-corrected chi connectivity index (χ4v) is 6.53. The molecule has 8 heteroatoms. The number of nitrogens with one attached hydrogen (secondary N) is 2. The molecule has 3 aromatic rings. The number of anilines is 2. The smallest absolute Gasteiger partial charge is 0.141 e. The monoisotopic (exact) mass is 525 g/mol. The van der Waals surface area contributed by atoms with Crippen LogP contribution in [0.15, 0.2) is 60.9 Å². The minimum Gasteiger partial charge on any atom is -0.457 e. The fraction of sp³-hybridized carbons (Fsp3) is 0.452. The first-order chi connectivity index (χ1) is 19.0. The summed E-state index contributed by atoms with van der Waals surface area (Å²) in [6, 6.07) is 18.3. The molecule has 0 radical (unpaired) electrons. The lowest BCUT2D eigenvalue weighted by Gasteiger charge is -2.57. The molecule has 1 aliphatic carbocycles. The van der Waals surface area contributed by atoms with Gasteiger partial charge in [-0.1, -0.05) is 18.2 Å². The van der Waals surface area contributed by atoms with E-state index in [2.05, 4.69) is 32.1 Å². The van der Waals surface area contributed by atoms with Gasteiger partial charge in [-0.2, -0.15) is 0 Å². The Bertz CT molecular complexity index is 1270. The van der Waals surface area contributed by atoms with Gasteiger partial charge in [-0.15, -0.1) is 0 Å². The molecular formula is C31H39N7O. The van der Waals surface area contributed by atoms with Crippen molar-refractivity contribution in [3.05, 3.63) is 72.1 Å². The molecule has 2 aliphatic heterocycles. The Morgan fingerprint density at radius 2 is 1.62 bits per heavy atom. The van der Waals surface area contributed by atoms with Gasteiger partial charge < -0.3 is 20.7 Å². The number of para-hydroxylation sites is 1. The summed E-state index contributed by atoms with van der Waals surface area (Å²) in [6.45, 7) is 4.97. The Labute approximate surface area is 231 Å². The summed E-state index contributed by atoms with van der Waals surface area (Å²) in [7, 11) is 2.23. The van der Waals surface area contributed by atoms with Crippen molar-refractivity contribution in [1.82, 2.24) is 19.8 Å². The molecule has 3 heterocycles. The molecule has 4 N–H and O–H groups in total. The second-order valence-corrected chi connectivity index (χ2v) is 11.7. The van der Waals surface area contributed by atoms with Crippen molar-refractivity contribution in [1.29, 1.82) is 5.41 Å². The molecule has 0 bridgehead atoms. The lowest BCUT2D eigenvalue weighted by Crippen LogP contribution is -2.62. The van der Waals surface area contributed by atoms with Crippen LogP contribution < -0.4 is 15.8 Å². The molecule has 0 unspecified atom stereocenters. The second-order valence-electron chi connectivity index (χ2n) is 11.7. The van der Waals surface area contributed by atoms with Crippen LogP contribution in [0.4, 0.5) is 11.6 Å². The van der Waals surface area contributed by atoms with E-state index in [1.165, 1.54) is 58.2 Å². The van der Waals surface area contributed by atoms with E-state index in [1.807, 2.05) is 54.6 Å². The summed E-state index contributed by atoms with van der Waals surface area (Å²) in [6.07, 6.45) is 8.81. The highest BCUT2D eigenvalue weighted by Crippen LogP contribution is 2.46. The minimum atomic E-state index is 0.307. The quantitative estimate of drug-likeness (QED) is 0.372. The molecule has 0 amide bonds. The predicted octanol–water partition coefficient (Wildman–Crippen LogP) is 5.02. The molecule has 204 valence electrons. The summed E-state index contributed by atoms with van der Waals surface area (Å²) in [4.78, 5) is 13.9. The van der Waals surface area contributed by atoms with Crippen molar-refractivity contribution in [2.75, 3.05) is 44.3 Å². The Kier molecular flexibility index (Phi) is 7.23. The highest BCUT2D eigenvalue weighted by molar-refractivity contribution is 6.16. The number of hydrogen-bond acceptors (Lipinski definition) is 8. The molecule has 2 aromatic carbocycles. The van der Waals surface area contributed by atoms with Gasteiger partial charge in [0.2, 0.25) is 0 Å². The zero-order chi connectivity index (χ0) is 26.8. The minimum absolute atomic E-state index is 0.307. The number of ether oxygens (including phenoxy) is 1. The summed E-state index contributed by atoms with van der Waals surface area (Å²) < 4.78 is 5.91. The molecule has 6 rings (SSSR count). The molecule has 39 heavy (non-hydrogen) atoms. The average molecular weight is 526 g/mol. The van der Waals surface area contributed by atoms with Crippen molar-refractivity contribution in [2.45, 2.75) is 50.6 Å². The number of nitrogens with two attached hydrogens (primary N) is 1. The predicted molar refractivity (Wildman–Crippen MR) is 156 cm³/mol. The maximum atomic E-state index is 8.95. The number of likely N-dealkylation sites (tertiary alicyclic amines) is 2. The largest absolute Gasteiger partial charge is 0.457 e. The molecule has 2 saturated heterocycles. The summed E-state index contributed by atoms with van der Waals surface area (Å²) in [5, 5.41) is 12.6. The molecular weight excluding hydrogens is 486 g/mol. The lowest BCUT2D eigenvalue weighted by molar-refractivity contribution is -0.0680. The van der Waals surface area contributed by atoms with Gasteiger partial charge in [0.05, 0.1) is 11.3 Å². The van der Waals surface area contributed by atoms with Crippen molar-refractivity contribution < 1.29 is 4.74 Å². The van der Waals surface area contributed by atoms with Gasteiger partial charge >= 0.3 is 0 Å². The van der Waals surface area contributed by atoms with Gasteiger partial charge in [0.25, 0.3) is 0 Å². The maximum absolute atomic E-state index is 8.95. The molecule has 3 aliphatic rings. The van der Waals surface area contributed by atoms with Crippen LogP contribution in [0, 0.1) is 10.8 Å². The van der Waals surface area contributed by atoms with E-state index >= 15 is 0 Å². The van der Waals surface area contributed by atoms with Gasteiger partial charge in [-0.05, 0) is 100 Å². The number of rotatable bonds is 7. The number of benzene rings is 2. The maximum Gasteiger partial charge on any atom is 0.141 e. The van der Waals surface area contributed by atoms with Crippen molar-refractivity contribution in [3.63, 3.8) is 0 Å². The number of nitrogen functional groups attached to an aromatic ring is 1. The van der Waals surface area contributed by atoms with Crippen molar-refractivity contribution in [2.24, 2.45) is 5.41 Å². The summed E-state index contributed by atoms with van der Waals surface area (Å²) in [5.41, 5.74) is 8.40. The van der Waals surface area contributed by atoms with Crippen molar-refractivity contribution >= 4 is 17.3 Å². The van der Waals surface area contributed by atoms with Crippen LogP contribution in [0.3, 0.4) is 0 Å². The van der Waals surface area contributed by atoms with E-state index in [4.69, 9.17) is 15.9 Å². The SMILES string of the molecule is CN1CCC(N2CC3(CCC(Nc4ncnc(N)c4C(=N)c4ccc(Oc5ccccc5)cc4)CC3)C2)CC1. The fourth-order valence-electron chi connectivity index (χ4n) is 6.53. The van der Waals surface area contributed by atoms with Crippen LogP contribution in [0.1, 0.15) is 49.7 Å². The zero-order valence-electron chi connectivity index (χ0n) is 22.8. The van der Waals surface area contributed by atoms with Crippen molar-refractivity contribution in [3.8, 4) is 11.5 Å². The van der Waals surface area contributed by atoms with Crippen LogP contribution in [0.25, 0.3) is 0 Å². The van der Waals surface area contributed by atoms with Crippen LogP contribution in [0.2, 0.25) is 0 Å². The Balaban J connectivity index is 1.07. The summed E-state index contributed by atoms with van der Waals surface area (Å²) in [5.74, 6) is 2.47. The third-order valence-corrected chi connectivity index (χ3v) is 8.92. The standard InChI is InChI=1S/C31H39N7O/c1-37-17-13-24(14-18-37)38-19-31(20-38)15-11-23(12-16-31)36-30-27(29(33)34-21-35-30)28(32)22-7-9-26(10-8-22)39-25-5-3-2-4-6-25/h2-10,21,23-24,32H,11-20H2,1H3,(H3,33,34,35,36). The van der Waals surface area contributed by atoms with Gasteiger partial charge in [0.15, 0.2) is 0 Å². The Hall–Kier alpha value is -3.49. The van der Waals surface area contributed by atoms with Crippen LogP contribution >= 0.6 is 0 Å². The van der Waals surface area contributed by atoms with E-state index in [0.717, 1.165) is 35.9 Å². The zero-order valence-corrected chi connectivity index (χ0v) is 22.8. The van der Waals surface area contributed by atoms with Gasteiger partial charge in [0.1, 0.15) is 29.5 Å². The average Bonchev–Trinajstić information content (AvgIpc) is 2.94. The highest BCUT2D eigenvalue weighted by atomic mass is 16.5. The van der Waals surface area contributed by atoms with Crippen LogP contribution in [-0.2, 0) is 0 Å². The molecule has 0 atom stereocenters. The highest BCUT2D eigenvalue weighted by Gasteiger charge is 2.47. The van der Waals surface area contributed by atoms with E-state index in [-0.39, 0.29) is 0 Å². The van der Waals surface area contributed by atoms with E-state index in [9.17, 15) is 0 Å². The second kappa shape index (κ2) is 10.9.